The van der Waals surface area contributed by atoms with Crippen LogP contribution in [0.15, 0.2) is 18.2 Å². The molecule has 0 saturated heterocycles. The van der Waals surface area contributed by atoms with Crippen molar-refractivity contribution in [2.45, 2.75) is 19.4 Å². The predicted molar refractivity (Wildman–Crippen MR) is 67.8 cm³/mol. The maximum atomic E-state index is 11.9. The fourth-order valence-electron chi connectivity index (χ4n) is 1.42. The van der Waals surface area contributed by atoms with E-state index in [1.54, 1.807) is 18.2 Å². The average molecular weight is 232 g/mol. The van der Waals surface area contributed by atoms with Crippen LogP contribution in [-0.4, -0.2) is 19.1 Å². The monoisotopic (exact) mass is 232 g/mol. The number of benzene rings is 1. The average Bonchev–Trinajstić information content (AvgIpc) is 2.28. The summed E-state index contributed by atoms with van der Waals surface area (Å²) >= 11 is 0. The van der Waals surface area contributed by atoms with Crippen molar-refractivity contribution in [1.29, 1.82) is 0 Å². The van der Waals surface area contributed by atoms with Gasteiger partial charge in [-0.2, -0.15) is 0 Å². The summed E-state index contributed by atoms with van der Waals surface area (Å²) in [6, 6.07) is 4.82. The van der Waals surface area contributed by atoms with Crippen molar-refractivity contribution < 1.29 is 9.53 Å². The summed E-state index contributed by atoms with van der Waals surface area (Å²) in [6.45, 7) is 1.85. The van der Waals surface area contributed by atoms with Gasteiger partial charge in [0.1, 0.15) is 5.75 Å². The molecule has 0 heterocycles. The molecule has 1 aromatic rings. The zero-order valence-corrected chi connectivity index (χ0v) is 9.99. The lowest BCUT2D eigenvalue weighted by atomic mass is 10.1. The maximum absolute atomic E-state index is 11.9. The molecule has 0 aliphatic rings. The van der Waals surface area contributed by atoms with Gasteiger partial charge in [0.25, 0.3) is 5.91 Å². The van der Waals surface area contributed by atoms with Gasteiger partial charge in [-0.1, -0.05) is 0 Å². The number of rotatable bonds is 4. The molecular weight excluding hydrogens is 216 g/mol. The van der Waals surface area contributed by atoms with Gasteiger partial charge in [-0.15, -0.1) is 12.3 Å². The number of amides is 1. The summed E-state index contributed by atoms with van der Waals surface area (Å²) in [6.07, 6.45) is 5.67. The highest BCUT2D eigenvalue weighted by Crippen LogP contribution is 2.21. The molecule has 0 aromatic heterocycles. The van der Waals surface area contributed by atoms with E-state index in [4.69, 9.17) is 16.9 Å². The molecule has 17 heavy (non-hydrogen) atoms. The number of ether oxygens (including phenoxy) is 1. The minimum atomic E-state index is -0.218. The zero-order chi connectivity index (χ0) is 12.8. The van der Waals surface area contributed by atoms with Gasteiger partial charge in [-0.05, 0) is 19.1 Å². The lowest BCUT2D eigenvalue weighted by Gasteiger charge is -2.13. The second-order valence-corrected chi connectivity index (χ2v) is 3.74. The Labute approximate surface area is 101 Å². The molecule has 1 amide bonds. The third-order valence-corrected chi connectivity index (χ3v) is 2.27. The molecule has 0 spiro atoms. The predicted octanol–water partition coefficient (Wildman–Crippen LogP) is 1.42. The highest BCUT2D eigenvalue weighted by molar-refractivity contribution is 5.97. The van der Waals surface area contributed by atoms with Gasteiger partial charge >= 0.3 is 0 Å². The summed E-state index contributed by atoms with van der Waals surface area (Å²) in [5.74, 6) is 2.73. The first-order valence-electron chi connectivity index (χ1n) is 5.26. The highest BCUT2D eigenvalue weighted by Gasteiger charge is 2.14. The number of carbonyl (C=O) groups excluding carboxylic acids is 1. The Morgan fingerprint density at radius 2 is 2.35 bits per heavy atom. The van der Waals surface area contributed by atoms with E-state index >= 15 is 0 Å². The number of terminal acetylenes is 1. The number of nitrogens with one attached hydrogen (secondary N) is 1. The van der Waals surface area contributed by atoms with Crippen LogP contribution in [0.5, 0.6) is 5.75 Å². The number of hydrogen-bond donors (Lipinski definition) is 2. The lowest BCUT2D eigenvalue weighted by molar-refractivity contribution is 0.0938. The Hall–Kier alpha value is -2.15. The molecule has 3 N–H and O–H groups in total. The molecule has 4 heteroatoms. The van der Waals surface area contributed by atoms with Crippen LogP contribution in [0.2, 0.25) is 0 Å². The van der Waals surface area contributed by atoms with E-state index in [9.17, 15) is 4.79 Å². The van der Waals surface area contributed by atoms with Crippen LogP contribution < -0.4 is 15.8 Å². The van der Waals surface area contributed by atoms with E-state index in [0.717, 1.165) is 0 Å². The van der Waals surface area contributed by atoms with Gasteiger partial charge in [-0.25, -0.2) is 0 Å². The molecule has 0 saturated carbocycles. The summed E-state index contributed by atoms with van der Waals surface area (Å²) in [4.78, 5) is 11.9. The SMILES string of the molecule is C#CCC(C)NC(=O)c1ccc(N)cc1OC. The quantitative estimate of drug-likeness (QED) is 0.609. The van der Waals surface area contributed by atoms with Crippen LogP contribution in [0.4, 0.5) is 5.69 Å². The molecule has 1 atom stereocenters. The van der Waals surface area contributed by atoms with Crippen molar-refractivity contribution in [3.05, 3.63) is 23.8 Å². The Bertz CT molecular complexity index is 449. The smallest absolute Gasteiger partial charge is 0.255 e. The number of nitrogen functional groups attached to an aromatic ring is 1. The molecule has 4 nitrogen and oxygen atoms in total. The molecule has 0 fully saturated rings. The Morgan fingerprint density at radius 3 is 2.94 bits per heavy atom. The molecule has 1 rings (SSSR count). The third-order valence-electron chi connectivity index (χ3n) is 2.27. The van der Waals surface area contributed by atoms with Crippen molar-refractivity contribution in [3.63, 3.8) is 0 Å². The summed E-state index contributed by atoms with van der Waals surface area (Å²) in [5, 5.41) is 2.79. The molecule has 0 bridgehead atoms. The van der Waals surface area contributed by atoms with E-state index < -0.39 is 0 Å². The molecule has 1 unspecified atom stereocenters. The summed E-state index contributed by atoms with van der Waals surface area (Å²) in [7, 11) is 1.50. The maximum Gasteiger partial charge on any atom is 0.255 e. The number of anilines is 1. The van der Waals surface area contributed by atoms with Crippen molar-refractivity contribution in [2.75, 3.05) is 12.8 Å². The lowest BCUT2D eigenvalue weighted by Crippen LogP contribution is -2.32. The molecule has 90 valence electrons. The number of methoxy groups -OCH3 is 1. The fraction of sp³-hybridized carbons (Fsp3) is 0.308. The number of nitrogens with two attached hydrogens (primary N) is 1. The third kappa shape index (κ3) is 3.42. The number of carbonyl (C=O) groups is 1. The second kappa shape index (κ2) is 5.80. The molecular formula is C13H16N2O2. The van der Waals surface area contributed by atoms with Gasteiger partial charge in [0.15, 0.2) is 0 Å². The van der Waals surface area contributed by atoms with Crippen LogP contribution in [0.1, 0.15) is 23.7 Å². The normalized spacial score (nSPS) is 11.4. The van der Waals surface area contributed by atoms with E-state index in [2.05, 4.69) is 11.2 Å². The van der Waals surface area contributed by atoms with Crippen LogP contribution in [0.3, 0.4) is 0 Å². The van der Waals surface area contributed by atoms with Crippen molar-refractivity contribution in [2.24, 2.45) is 0 Å². The van der Waals surface area contributed by atoms with Crippen molar-refractivity contribution >= 4 is 11.6 Å². The van der Waals surface area contributed by atoms with Crippen LogP contribution in [0.25, 0.3) is 0 Å². The van der Waals surface area contributed by atoms with Gasteiger partial charge in [0.05, 0.1) is 12.7 Å². The van der Waals surface area contributed by atoms with Gasteiger partial charge in [-0.3, -0.25) is 4.79 Å². The Balaban J connectivity index is 2.86. The van der Waals surface area contributed by atoms with Gasteiger partial charge in [0.2, 0.25) is 0 Å². The number of hydrogen-bond acceptors (Lipinski definition) is 3. The Morgan fingerprint density at radius 1 is 1.65 bits per heavy atom. The largest absolute Gasteiger partial charge is 0.496 e. The van der Waals surface area contributed by atoms with E-state index in [1.807, 2.05) is 6.92 Å². The van der Waals surface area contributed by atoms with Crippen LogP contribution in [0, 0.1) is 12.3 Å². The van der Waals surface area contributed by atoms with Crippen LogP contribution in [-0.2, 0) is 0 Å². The summed E-state index contributed by atoms with van der Waals surface area (Å²) in [5.41, 5.74) is 6.61. The first-order valence-corrected chi connectivity index (χ1v) is 5.26. The van der Waals surface area contributed by atoms with Crippen molar-refractivity contribution in [3.8, 4) is 18.1 Å². The molecule has 1 aromatic carbocycles. The Kier molecular flexibility index (Phi) is 4.41. The van der Waals surface area contributed by atoms with Gasteiger partial charge < -0.3 is 15.8 Å². The minimum Gasteiger partial charge on any atom is -0.496 e. The van der Waals surface area contributed by atoms with E-state index in [0.29, 0.717) is 23.4 Å². The van der Waals surface area contributed by atoms with E-state index in [1.165, 1.54) is 7.11 Å². The molecule has 0 aliphatic carbocycles. The first-order chi connectivity index (χ1) is 8.08. The topological polar surface area (TPSA) is 64.4 Å². The molecule has 0 aliphatic heterocycles. The van der Waals surface area contributed by atoms with E-state index in [-0.39, 0.29) is 11.9 Å². The van der Waals surface area contributed by atoms with Crippen LogP contribution >= 0.6 is 0 Å². The zero-order valence-electron chi connectivity index (χ0n) is 9.99. The minimum absolute atomic E-state index is 0.0743. The fourth-order valence-corrected chi connectivity index (χ4v) is 1.42. The molecule has 0 radical (unpaired) electrons. The highest BCUT2D eigenvalue weighted by atomic mass is 16.5. The van der Waals surface area contributed by atoms with Crippen molar-refractivity contribution in [1.82, 2.24) is 5.32 Å². The standard InChI is InChI=1S/C13H16N2O2/c1-4-5-9(2)15-13(16)11-7-6-10(14)8-12(11)17-3/h1,6-9H,5,14H2,2-3H3,(H,15,16). The summed E-state index contributed by atoms with van der Waals surface area (Å²) < 4.78 is 5.11. The van der Waals surface area contributed by atoms with Gasteiger partial charge in [0, 0.05) is 24.2 Å². The first kappa shape index (κ1) is 12.9. The second-order valence-electron chi connectivity index (χ2n) is 3.74.